The maximum atomic E-state index is 13.4. The van der Waals surface area contributed by atoms with Gasteiger partial charge in [0.15, 0.2) is 11.5 Å². The molecule has 0 radical (unpaired) electrons. The number of hydrogen-bond donors (Lipinski definition) is 1. The Bertz CT molecular complexity index is 1230. The van der Waals surface area contributed by atoms with Crippen LogP contribution in [0.15, 0.2) is 23.6 Å². The number of ether oxygens (including phenoxy) is 2. The van der Waals surface area contributed by atoms with Gasteiger partial charge in [0.1, 0.15) is 14.8 Å². The molecule has 0 spiro atoms. The minimum Gasteiger partial charge on any atom is -0.493 e. The molecule has 1 atom stereocenters. The van der Waals surface area contributed by atoms with Gasteiger partial charge in [0.25, 0.3) is 11.8 Å². The van der Waals surface area contributed by atoms with Crippen LogP contribution in [-0.2, 0) is 14.6 Å². The molecule has 0 bridgehead atoms. The minimum absolute atomic E-state index is 0.0691. The molecule has 9 nitrogen and oxygen atoms in total. The number of amides is 3. The van der Waals surface area contributed by atoms with E-state index in [-0.39, 0.29) is 23.0 Å². The molecule has 1 aromatic carbocycles. The molecule has 176 valence electrons. The second-order valence-corrected chi connectivity index (χ2v) is 11.1. The summed E-state index contributed by atoms with van der Waals surface area (Å²) in [5.41, 5.74) is 0.688. The molecule has 11 heteroatoms. The SMILES string of the molecule is CCOc1cc(C(CS(C)(=O)=O)N2C(=O)c3csc(NC(=O)C4CC4)c3C2=O)ccc1OC. The molecule has 1 unspecified atom stereocenters. The lowest BCUT2D eigenvalue weighted by molar-refractivity contribution is -0.117. The number of carbonyl (C=O) groups is 3. The molecule has 1 aliphatic heterocycles. The van der Waals surface area contributed by atoms with Gasteiger partial charge in [-0.25, -0.2) is 8.42 Å². The Balaban J connectivity index is 1.73. The number of hydrogen-bond acceptors (Lipinski definition) is 8. The number of imide groups is 1. The molecule has 1 aromatic heterocycles. The molecule has 3 amide bonds. The van der Waals surface area contributed by atoms with Crippen molar-refractivity contribution in [2.75, 3.05) is 31.0 Å². The number of thiophene rings is 1. The van der Waals surface area contributed by atoms with Crippen LogP contribution in [0.4, 0.5) is 5.00 Å². The van der Waals surface area contributed by atoms with Crippen LogP contribution >= 0.6 is 11.3 Å². The smallest absolute Gasteiger partial charge is 0.265 e. The fourth-order valence-corrected chi connectivity index (χ4v) is 5.62. The van der Waals surface area contributed by atoms with Gasteiger partial charge in [-0.1, -0.05) is 6.07 Å². The van der Waals surface area contributed by atoms with Gasteiger partial charge >= 0.3 is 0 Å². The van der Waals surface area contributed by atoms with E-state index in [4.69, 9.17) is 9.47 Å². The highest BCUT2D eigenvalue weighted by Crippen LogP contribution is 2.41. The first-order valence-corrected chi connectivity index (χ1v) is 13.4. The summed E-state index contributed by atoms with van der Waals surface area (Å²) in [5.74, 6) is -1.11. The van der Waals surface area contributed by atoms with Crippen LogP contribution in [0.2, 0.25) is 0 Å². The summed E-state index contributed by atoms with van der Waals surface area (Å²) >= 11 is 1.11. The summed E-state index contributed by atoms with van der Waals surface area (Å²) in [7, 11) is -2.10. The number of methoxy groups -OCH3 is 1. The second-order valence-electron chi connectivity index (χ2n) is 8.05. The Morgan fingerprint density at radius 3 is 2.58 bits per heavy atom. The normalized spacial score (nSPS) is 16.5. The molecule has 4 rings (SSSR count). The van der Waals surface area contributed by atoms with E-state index in [1.54, 1.807) is 25.1 Å². The van der Waals surface area contributed by atoms with Crippen molar-refractivity contribution in [2.24, 2.45) is 5.92 Å². The molecular formula is C22H24N2O7S2. The van der Waals surface area contributed by atoms with Crippen molar-refractivity contribution in [1.29, 1.82) is 0 Å². The summed E-state index contributed by atoms with van der Waals surface area (Å²) in [5, 5.41) is 4.58. The molecule has 0 saturated heterocycles. The molecule has 1 N–H and O–H groups in total. The third-order valence-electron chi connectivity index (χ3n) is 5.50. The quantitative estimate of drug-likeness (QED) is 0.535. The molecule has 1 aliphatic carbocycles. The molecule has 1 saturated carbocycles. The van der Waals surface area contributed by atoms with Crippen LogP contribution in [0.5, 0.6) is 11.5 Å². The lowest BCUT2D eigenvalue weighted by atomic mass is 10.1. The van der Waals surface area contributed by atoms with Crippen molar-refractivity contribution < 1.29 is 32.3 Å². The molecule has 2 aliphatic rings. The van der Waals surface area contributed by atoms with E-state index >= 15 is 0 Å². The highest BCUT2D eigenvalue weighted by atomic mass is 32.2. The van der Waals surface area contributed by atoms with Crippen molar-refractivity contribution in [3.63, 3.8) is 0 Å². The topological polar surface area (TPSA) is 119 Å². The molecular weight excluding hydrogens is 468 g/mol. The first-order valence-electron chi connectivity index (χ1n) is 10.4. The van der Waals surface area contributed by atoms with Crippen LogP contribution in [0.1, 0.15) is 52.1 Å². The van der Waals surface area contributed by atoms with Gasteiger partial charge in [-0.15, -0.1) is 11.3 Å². The zero-order valence-electron chi connectivity index (χ0n) is 18.4. The maximum Gasteiger partial charge on any atom is 0.265 e. The number of benzene rings is 1. The van der Waals surface area contributed by atoms with Gasteiger partial charge in [0, 0.05) is 17.6 Å². The largest absolute Gasteiger partial charge is 0.493 e. The Morgan fingerprint density at radius 1 is 1.24 bits per heavy atom. The first-order chi connectivity index (χ1) is 15.6. The number of anilines is 1. The van der Waals surface area contributed by atoms with Crippen molar-refractivity contribution in [2.45, 2.75) is 25.8 Å². The highest BCUT2D eigenvalue weighted by molar-refractivity contribution is 7.90. The molecule has 2 heterocycles. The fourth-order valence-electron chi connectivity index (χ4n) is 3.78. The Labute approximate surface area is 195 Å². The van der Waals surface area contributed by atoms with Gasteiger partial charge in [0.05, 0.1) is 36.6 Å². The Morgan fingerprint density at radius 2 is 1.97 bits per heavy atom. The minimum atomic E-state index is -3.58. The number of nitrogens with zero attached hydrogens (tertiary/aromatic N) is 1. The molecule has 2 aromatic rings. The van der Waals surface area contributed by atoms with Gasteiger partial charge in [0.2, 0.25) is 5.91 Å². The van der Waals surface area contributed by atoms with Crippen molar-refractivity contribution in [3.8, 4) is 11.5 Å². The van der Waals surface area contributed by atoms with Crippen LogP contribution in [0, 0.1) is 5.92 Å². The standard InChI is InChI=1S/C22H24N2O7S2/c1-4-31-17-9-13(7-8-16(17)30-2)15(11-33(3,28)29)24-21(26)14-10-32-20(18(14)22(24)27)23-19(25)12-5-6-12/h7-10,12,15H,4-6,11H2,1-3H3,(H,23,25). The van der Waals surface area contributed by atoms with Crippen LogP contribution in [-0.4, -0.2) is 56.8 Å². The third kappa shape index (κ3) is 4.60. The zero-order chi connectivity index (χ0) is 23.9. The van der Waals surface area contributed by atoms with Gasteiger partial charge in [-0.3, -0.25) is 19.3 Å². The Hall–Kier alpha value is -2.92. The van der Waals surface area contributed by atoms with Gasteiger partial charge in [-0.05, 0) is 37.5 Å². The second kappa shape index (κ2) is 8.79. The van der Waals surface area contributed by atoms with Gasteiger partial charge in [-0.2, -0.15) is 0 Å². The van der Waals surface area contributed by atoms with Crippen LogP contribution in [0.25, 0.3) is 0 Å². The highest BCUT2D eigenvalue weighted by Gasteiger charge is 2.45. The van der Waals surface area contributed by atoms with Crippen LogP contribution in [0.3, 0.4) is 0 Å². The average Bonchev–Trinajstić information content (AvgIpc) is 3.48. The summed E-state index contributed by atoms with van der Waals surface area (Å²) in [6, 6.07) is 3.73. The van der Waals surface area contributed by atoms with E-state index < -0.39 is 33.4 Å². The van der Waals surface area contributed by atoms with Crippen LogP contribution < -0.4 is 14.8 Å². The predicted molar refractivity (Wildman–Crippen MR) is 123 cm³/mol. The first kappa shape index (κ1) is 23.2. The fraction of sp³-hybridized carbons (Fsp3) is 0.409. The molecule has 1 fully saturated rings. The average molecular weight is 493 g/mol. The van der Waals surface area contributed by atoms with E-state index in [0.717, 1.165) is 35.3 Å². The van der Waals surface area contributed by atoms with E-state index in [0.29, 0.717) is 28.7 Å². The monoisotopic (exact) mass is 492 g/mol. The van der Waals surface area contributed by atoms with E-state index in [9.17, 15) is 22.8 Å². The number of carbonyl (C=O) groups excluding carboxylic acids is 3. The lowest BCUT2D eigenvalue weighted by Gasteiger charge is -2.27. The van der Waals surface area contributed by atoms with Gasteiger partial charge < -0.3 is 14.8 Å². The number of nitrogens with one attached hydrogen (secondary N) is 1. The molecule has 33 heavy (non-hydrogen) atoms. The maximum absolute atomic E-state index is 13.4. The third-order valence-corrected chi connectivity index (χ3v) is 7.32. The van der Waals surface area contributed by atoms with E-state index in [1.165, 1.54) is 12.5 Å². The summed E-state index contributed by atoms with van der Waals surface area (Å²) in [4.78, 5) is 39.8. The van der Waals surface area contributed by atoms with Crippen molar-refractivity contribution >= 4 is 43.9 Å². The number of sulfone groups is 1. The van der Waals surface area contributed by atoms with E-state index in [1.807, 2.05) is 0 Å². The number of rotatable bonds is 9. The number of fused-ring (bicyclic) bond motifs is 1. The summed E-state index contributed by atoms with van der Waals surface area (Å²) in [6.45, 7) is 2.14. The lowest BCUT2D eigenvalue weighted by Crippen LogP contribution is -2.38. The summed E-state index contributed by atoms with van der Waals surface area (Å²) in [6.07, 6.45) is 2.65. The predicted octanol–water partition coefficient (Wildman–Crippen LogP) is 2.89. The summed E-state index contributed by atoms with van der Waals surface area (Å²) < 4.78 is 35.4. The zero-order valence-corrected chi connectivity index (χ0v) is 20.0. The van der Waals surface area contributed by atoms with E-state index in [2.05, 4.69) is 5.32 Å². The van der Waals surface area contributed by atoms with Crippen molar-refractivity contribution in [1.82, 2.24) is 4.90 Å². The van der Waals surface area contributed by atoms with Crippen molar-refractivity contribution in [3.05, 3.63) is 40.3 Å². The Kier molecular flexibility index (Phi) is 6.19.